The molecule has 1 aromatic heterocycles. The maximum atomic E-state index is 12.9. The van der Waals surface area contributed by atoms with Crippen molar-refractivity contribution in [2.45, 2.75) is 44.6 Å². The molecule has 2 aliphatic heterocycles. The average Bonchev–Trinajstić information content (AvgIpc) is 3.40. The Balaban J connectivity index is 1.15. The van der Waals surface area contributed by atoms with Crippen molar-refractivity contribution >= 4 is 52.9 Å². The summed E-state index contributed by atoms with van der Waals surface area (Å²) >= 11 is 5.87. The van der Waals surface area contributed by atoms with E-state index in [1.165, 1.54) is 0 Å². The lowest BCUT2D eigenvalue weighted by molar-refractivity contribution is -0.150. The van der Waals surface area contributed by atoms with Crippen LogP contribution in [0.4, 0.5) is 11.6 Å². The van der Waals surface area contributed by atoms with E-state index in [-0.39, 0.29) is 53.0 Å². The molecule has 2 aromatic rings. The van der Waals surface area contributed by atoms with Crippen LogP contribution >= 0.6 is 11.6 Å². The van der Waals surface area contributed by atoms with E-state index in [0.717, 1.165) is 12.0 Å². The molecule has 0 aliphatic carbocycles. The molecule has 3 amide bonds. The number of carbonyl (C=O) groups is 4. The number of nitrogens with one attached hydrogen (secondary N) is 3. The number of likely N-dealkylation sites (tertiary alicyclic amines) is 1. The summed E-state index contributed by atoms with van der Waals surface area (Å²) in [6.45, 7) is 3.35. The molecule has 1 aromatic carbocycles. The Kier molecular flexibility index (Phi) is 10.8. The van der Waals surface area contributed by atoms with Crippen molar-refractivity contribution in [3.8, 4) is 5.75 Å². The van der Waals surface area contributed by atoms with Crippen LogP contribution in [-0.2, 0) is 25.5 Å². The zero-order chi connectivity index (χ0) is 31.7. The van der Waals surface area contributed by atoms with Crippen LogP contribution in [0.5, 0.6) is 5.75 Å². The number of nitrogens with two attached hydrogens (primary N) is 2. The van der Waals surface area contributed by atoms with Gasteiger partial charge in [0, 0.05) is 26.1 Å². The van der Waals surface area contributed by atoms with Crippen molar-refractivity contribution < 1.29 is 28.7 Å². The molecule has 1 fully saturated rings. The lowest BCUT2D eigenvalue weighted by atomic mass is 9.88. The maximum absolute atomic E-state index is 12.9. The van der Waals surface area contributed by atoms with Gasteiger partial charge >= 0.3 is 5.97 Å². The number of piperidine rings is 1. The number of aromatic nitrogens is 2. The molecule has 0 bridgehead atoms. The van der Waals surface area contributed by atoms with E-state index in [1.54, 1.807) is 12.1 Å². The largest absolute Gasteiger partial charge is 0.482 e. The number of anilines is 2. The molecule has 0 radical (unpaired) electrons. The number of halogens is 1. The Bertz CT molecular complexity index is 1410. The van der Waals surface area contributed by atoms with Crippen molar-refractivity contribution in [1.29, 1.82) is 0 Å². The fourth-order valence-electron chi connectivity index (χ4n) is 4.68. The van der Waals surface area contributed by atoms with Crippen LogP contribution in [0.2, 0.25) is 5.15 Å². The summed E-state index contributed by atoms with van der Waals surface area (Å²) in [7, 11) is 0. The summed E-state index contributed by atoms with van der Waals surface area (Å²) in [5.74, 6) is -0.996. The quantitative estimate of drug-likeness (QED) is 0.215. The third-order valence-electron chi connectivity index (χ3n) is 7.19. The summed E-state index contributed by atoms with van der Waals surface area (Å²) in [6.07, 6.45) is 3.01. The SMILES string of the molecule is CCCNC(=O)COC(=O)COc1ccc(CCC(=O)N2CCC3(CC2)CN=C(NC(=O)c2nc(Cl)c(N)nc2N)N3)cc1. The summed E-state index contributed by atoms with van der Waals surface area (Å²) in [5, 5.41) is 8.44. The first-order valence-electron chi connectivity index (χ1n) is 14.2. The minimum atomic E-state index is -0.640. The number of hydrogen-bond donors (Lipinski definition) is 5. The lowest BCUT2D eigenvalue weighted by Crippen LogP contribution is -2.57. The molecule has 236 valence electrons. The molecule has 15 nitrogen and oxygen atoms in total. The summed E-state index contributed by atoms with van der Waals surface area (Å²) in [4.78, 5) is 62.8. The number of rotatable bonds is 11. The predicted molar refractivity (Wildman–Crippen MR) is 162 cm³/mol. The van der Waals surface area contributed by atoms with Crippen LogP contribution in [0.15, 0.2) is 29.3 Å². The average molecular weight is 630 g/mol. The molecule has 0 atom stereocenters. The van der Waals surface area contributed by atoms with Crippen LogP contribution in [0.3, 0.4) is 0 Å². The van der Waals surface area contributed by atoms with Gasteiger partial charge in [-0.3, -0.25) is 24.7 Å². The molecular weight excluding hydrogens is 594 g/mol. The Morgan fingerprint density at radius 2 is 1.80 bits per heavy atom. The van der Waals surface area contributed by atoms with Gasteiger partial charge < -0.3 is 36.5 Å². The van der Waals surface area contributed by atoms with E-state index in [4.69, 9.17) is 32.5 Å². The Morgan fingerprint density at radius 3 is 2.50 bits per heavy atom. The summed E-state index contributed by atoms with van der Waals surface area (Å²) < 4.78 is 10.3. The molecule has 1 saturated heterocycles. The third-order valence-corrected chi connectivity index (χ3v) is 7.47. The van der Waals surface area contributed by atoms with Crippen LogP contribution in [0.25, 0.3) is 0 Å². The number of benzene rings is 1. The number of guanidine groups is 1. The third kappa shape index (κ3) is 8.69. The van der Waals surface area contributed by atoms with Gasteiger partial charge in [-0.05, 0) is 43.4 Å². The van der Waals surface area contributed by atoms with Gasteiger partial charge in [0.15, 0.2) is 41.7 Å². The fraction of sp³-hybridized carbons (Fsp3) is 0.464. The van der Waals surface area contributed by atoms with Gasteiger partial charge in [-0.1, -0.05) is 30.7 Å². The summed E-state index contributed by atoms with van der Waals surface area (Å²) in [6, 6.07) is 7.11. The van der Waals surface area contributed by atoms with Gasteiger partial charge in [0.2, 0.25) is 5.91 Å². The zero-order valence-electron chi connectivity index (χ0n) is 24.4. The van der Waals surface area contributed by atoms with Gasteiger partial charge in [0.05, 0.1) is 12.1 Å². The molecule has 0 saturated carbocycles. The van der Waals surface area contributed by atoms with E-state index in [2.05, 4.69) is 30.9 Å². The molecule has 44 heavy (non-hydrogen) atoms. The normalized spacial score (nSPS) is 15.2. The van der Waals surface area contributed by atoms with Crippen LogP contribution in [0.1, 0.15) is 48.7 Å². The van der Waals surface area contributed by atoms with Crippen molar-refractivity contribution in [3.05, 3.63) is 40.7 Å². The summed E-state index contributed by atoms with van der Waals surface area (Å²) in [5.41, 5.74) is 11.8. The molecule has 4 rings (SSSR count). The second-order valence-corrected chi connectivity index (χ2v) is 10.8. The van der Waals surface area contributed by atoms with Crippen molar-refractivity contribution in [1.82, 2.24) is 30.8 Å². The van der Waals surface area contributed by atoms with Gasteiger partial charge in [0.25, 0.3) is 11.8 Å². The standard InChI is InChI=1S/C28H36ClN9O6/c1-2-11-32-19(39)14-44-21(41)15-43-18-6-3-17(4-7-18)5-8-20(40)38-12-9-28(10-13-38)16-33-27(37-28)36-26(42)22-24(30)35-25(31)23(29)34-22/h3-4,6-7H,2,5,8-16H2,1H3,(H,32,39)(H4,30,31,35)(H2,33,36,37,42). The van der Waals surface area contributed by atoms with Crippen LogP contribution < -0.4 is 32.2 Å². The number of nitrogens with zero attached hydrogens (tertiary/aromatic N) is 4. The Morgan fingerprint density at radius 1 is 1.07 bits per heavy atom. The van der Waals surface area contributed by atoms with Gasteiger partial charge in [-0.2, -0.15) is 0 Å². The van der Waals surface area contributed by atoms with Crippen LogP contribution in [-0.4, -0.2) is 89.4 Å². The predicted octanol–water partition coefficient (Wildman–Crippen LogP) is 0.426. The minimum absolute atomic E-state index is 0.0487. The first kappa shape index (κ1) is 32.3. The van der Waals surface area contributed by atoms with Crippen molar-refractivity contribution in [2.24, 2.45) is 4.99 Å². The van der Waals surface area contributed by atoms with Crippen molar-refractivity contribution in [3.63, 3.8) is 0 Å². The van der Waals surface area contributed by atoms with Crippen molar-refractivity contribution in [2.75, 3.05) is 50.9 Å². The minimum Gasteiger partial charge on any atom is -0.482 e. The first-order valence-corrected chi connectivity index (χ1v) is 14.6. The van der Waals surface area contributed by atoms with Gasteiger partial charge in [-0.15, -0.1) is 0 Å². The van der Waals surface area contributed by atoms with E-state index >= 15 is 0 Å². The number of aliphatic imine (C=N–C) groups is 1. The topological polar surface area (TPSA) is 216 Å². The zero-order valence-corrected chi connectivity index (χ0v) is 25.1. The lowest BCUT2D eigenvalue weighted by Gasteiger charge is -2.39. The molecule has 1 spiro atoms. The first-order chi connectivity index (χ1) is 21.1. The Hall–Kier alpha value is -4.66. The second kappa shape index (κ2) is 14.7. The molecular formula is C28H36ClN9O6. The number of hydrogen-bond acceptors (Lipinski definition) is 12. The van der Waals surface area contributed by atoms with E-state index in [9.17, 15) is 19.2 Å². The monoisotopic (exact) mass is 629 g/mol. The number of aryl methyl sites for hydroxylation is 1. The smallest absolute Gasteiger partial charge is 0.344 e. The molecule has 16 heteroatoms. The highest BCUT2D eigenvalue weighted by Crippen LogP contribution is 2.26. The number of esters is 1. The molecule has 2 aliphatic rings. The number of amides is 3. The fourth-order valence-corrected chi connectivity index (χ4v) is 4.81. The van der Waals surface area contributed by atoms with E-state index < -0.39 is 11.9 Å². The van der Waals surface area contributed by atoms with E-state index in [1.807, 2.05) is 24.0 Å². The van der Waals surface area contributed by atoms with Gasteiger partial charge in [-0.25, -0.2) is 14.8 Å². The highest BCUT2D eigenvalue weighted by molar-refractivity contribution is 6.31. The molecule has 7 N–H and O–H groups in total. The molecule has 3 heterocycles. The number of ether oxygens (including phenoxy) is 2. The second-order valence-electron chi connectivity index (χ2n) is 10.5. The highest BCUT2D eigenvalue weighted by atomic mass is 35.5. The Labute approximate surface area is 259 Å². The van der Waals surface area contributed by atoms with Gasteiger partial charge in [0.1, 0.15) is 5.75 Å². The van der Waals surface area contributed by atoms with E-state index in [0.29, 0.717) is 63.6 Å². The number of nitrogen functional groups attached to an aromatic ring is 2. The molecule has 0 unspecified atom stereocenters. The highest BCUT2D eigenvalue weighted by Gasteiger charge is 2.40. The number of carbonyl (C=O) groups excluding carboxylic acids is 4. The van der Waals surface area contributed by atoms with Crippen LogP contribution in [0, 0.1) is 0 Å². The maximum Gasteiger partial charge on any atom is 0.344 e.